The molecule has 0 aromatic carbocycles. The summed E-state index contributed by atoms with van der Waals surface area (Å²) in [6.45, 7) is 2.62. The fourth-order valence-corrected chi connectivity index (χ4v) is 1.02. The Labute approximate surface area is 83.9 Å². The fraction of sp³-hybridized carbons (Fsp3) is 0.778. The Morgan fingerprint density at radius 2 is 2.07 bits per heavy atom. The molecule has 0 aliphatic heterocycles. The fourth-order valence-electron chi connectivity index (χ4n) is 1.02. The van der Waals surface area contributed by atoms with E-state index in [9.17, 15) is 9.59 Å². The van der Waals surface area contributed by atoms with Gasteiger partial charge < -0.3 is 15.7 Å². The molecule has 0 unspecified atom stereocenters. The molecule has 0 bridgehead atoms. The number of rotatable bonds is 7. The van der Waals surface area contributed by atoms with E-state index in [0.717, 1.165) is 6.42 Å². The van der Waals surface area contributed by atoms with Crippen molar-refractivity contribution in [3.63, 3.8) is 0 Å². The summed E-state index contributed by atoms with van der Waals surface area (Å²) in [4.78, 5) is 21.7. The lowest BCUT2D eigenvalue weighted by Gasteiger charge is -2.10. The quantitative estimate of drug-likeness (QED) is 0.541. The van der Waals surface area contributed by atoms with Gasteiger partial charge in [-0.05, 0) is 19.9 Å². The van der Waals surface area contributed by atoms with E-state index in [1.807, 2.05) is 6.92 Å². The van der Waals surface area contributed by atoms with Gasteiger partial charge in [0.2, 0.25) is 5.91 Å². The first-order chi connectivity index (χ1) is 6.61. The van der Waals surface area contributed by atoms with Gasteiger partial charge in [0, 0.05) is 13.0 Å². The van der Waals surface area contributed by atoms with E-state index in [1.54, 1.807) is 7.05 Å². The summed E-state index contributed by atoms with van der Waals surface area (Å²) in [5.41, 5.74) is 0. The number of hydrogen-bond acceptors (Lipinski definition) is 3. The smallest absolute Gasteiger partial charge is 0.320 e. The van der Waals surface area contributed by atoms with Gasteiger partial charge in [-0.25, -0.2) is 0 Å². The average Bonchev–Trinajstić information content (AvgIpc) is 2.15. The molecule has 0 aliphatic carbocycles. The minimum Gasteiger partial charge on any atom is -0.480 e. The number of likely N-dealkylation sites (N-methyl/N-ethyl adjacent to an activating group) is 1. The standard InChI is InChI=1S/C9H18N2O3/c1-3-6-11-8(12)5-4-7(10-2)9(13)14/h7,10H,3-6H2,1-2H3,(H,11,12)(H,13,14)/t7-/m0/s1. The van der Waals surface area contributed by atoms with Crippen molar-refractivity contribution in [2.75, 3.05) is 13.6 Å². The van der Waals surface area contributed by atoms with Gasteiger partial charge >= 0.3 is 5.97 Å². The number of hydrogen-bond donors (Lipinski definition) is 3. The molecule has 0 rings (SSSR count). The van der Waals surface area contributed by atoms with Gasteiger partial charge in [-0.1, -0.05) is 6.92 Å². The molecule has 5 nitrogen and oxygen atoms in total. The normalized spacial score (nSPS) is 12.1. The number of carboxylic acid groups (broad SMARTS) is 1. The van der Waals surface area contributed by atoms with Crippen molar-refractivity contribution in [1.82, 2.24) is 10.6 Å². The van der Waals surface area contributed by atoms with E-state index >= 15 is 0 Å². The third-order valence-corrected chi connectivity index (χ3v) is 1.88. The third-order valence-electron chi connectivity index (χ3n) is 1.88. The highest BCUT2D eigenvalue weighted by molar-refractivity contribution is 5.78. The second-order valence-corrected chi connectivity index (χ2v) is 3.07. The van der Waals surface area contributed by atoms with Crippen molar-refractivity contribution >= 4 is 11.9 Å². The van der Waals surface area contributed by atoms with E-state index in [2.05, 4.69) is 10.6 Å². The van der Waals surface area contributed by atoms with Crippen molar-refractivity contribution in [2.24, 2.45) is 0 Å². The molecule has 14 heavy (non-hydrogen) atoms. The second-order valence-electron chi connectivity index (χ2n) is 3.07. The molecule has 0 fully saturated rings. The predicted octanol–water partition coefficient (Wildman–Crippen LogP) is -0.0346. The number of amides is 1. The Balaban J connectivity index is 3.68. The number of carbonyl (C=O) groups excluding carboxylic acids is 1. The molecule has 5 heteroatoms. The highest BCUT2D eigenvalue weighted by Crippen LogP contribution is 1.96. The minimum atomic E-state index is -0.921. The molecule has 0 aromatic rings. The van der Waals surface area contributed by atoms with Crippen molar-refractivity contribution in [3.05, 3.63) is 0 Å². The van der Waals surface area contributed by atoms with Gasteiger partial charge in [-0.15, -0.1) is 0 Å². The predicted molar refractivity (Wildman–Crippen MR) is 53.0 cm³/mol. The van der Waals surface area contributed by atoms with Crippen LogP contribution >= 0.6 is 0 Å². The number of carbonyl (C=O) groups is 2. The Bertz CT molecular complexity index is 194. The minimum absolute atomic E-state index is 0.0895. The zero-order chi connectivity index (χ0) is 11.0. The molecule has 1 atom stereocenters. The molecule has 0 saturated carbocycles. The Morgan fingerprint density at radius 1 is 1.43 bits per heavy atom. The molecule has 1 amide bonds. The van der Waals surface area contributed by atoms with E-state index in [0.29, 0.717) is 13.0 Å². The Morgan fingerprint density at radius 3 is 2.50 bits per heavy atom. The molecule has 0 saturated heterocycles. The van der Waals surface area contributed by atoms with Gasteiger partial charge in [0.05, 0.1) is 0 Å². The first kappa shape index (κ1) is 12.9. The van der Waals surface area contributed by atoms with Gasteiger partial charge in [0.15, 0.2) is 0 Å². The van der Waals surface area contributed by atoms with Crippen LogP contribution in [0.4, 0.5) is 0 Å². The van der Waals surface area contributed by atoms with Gasteiger partial charge in [-0.3, -0.25) is 9.59 Å². The molecule has 0 aromatic heterocycles. The van der Waals surface area contributed by atoms with Crippen LogP contribution in [0, 0.1) is 0 Å². The van der Waals surface area contributed by atoms with Gasteiger partial charge in [-0.2, -0.15) is 0 Å². The summed E-state index contributed by atoms with van der Waals surface area (Å²) >= 11 is 0. The molecule has 0 spiro atoms. The van der Waals surface area contributed by atoms with Crippen LogP contribution in [-0.4, -0.2) is 36.6 Å². The average molecular weight is 202 g/mol. The summed E-state index contributed by atoms with van der Waals surface area (Å²) in [6, 6.07) is -0.637. The molecule has 0 heterocycles. The molecular weight excluding hydrogens is 184 g/mol. The SMILES string of the molecule is CCCNC(=O)CC[C@H](NC)C(=O)O. The van der Waals surface area contributed by atoms with Crippen molar-refractivity contribution < 1.29 is 14.7 Å². The van der Waals surface area contributed by atoms with Crippen molar-refractivity contribution in [1.29, 1.82) is 0 Å². The van der Waals surface area contributed by atoms with Crippen LogP contribution in [0.2, 0.25) is 0 Å². The number of carboxylic acids is 1. The maximum Gasteiger partial charge on any atom is 0.320 e. The highest BCUT2D eigenvalue weighted by atomic mass is 16.4. The van der Waals surface area contributed by atoms with E-state index < -0.39 is 12.0 Å². The molecular formula is C9H18N2O3. The lowest BCUT2D eigenvalue weighted by molar-refractivity contribution is -0.139. The first-order valence-electron chi connectivity index (χ1n) is 4.78. The van der Waals surface area contributed by atoms with Gasteiger partial charge in [0.1, 0.15) is 6.04 Å². The maximum absolute atomic E-state index is 11.1. The molecule has 82 valence electrons. The van der Waals surface area contributed by atoms with Crippen LogP contribution in [0.3, 0.4) is 0 Å². The monoisotopic (exact) mass is 202 g/mol. The number of nitrogens with one attached hydrogen (secondary N) is 2. The van der Waals surface area contributed by atoms with E-state index in [-0.39, 0.29) is 12.3 Å². The zero-order valence-corrected chi connectivity index (χ0v) is 8.67. The lowest BCUT2D eigenvalue weighted by Crippen LogP contribution is -2.35. The maximum atomic E-state index is 11.1. The van der Waals surface area contributed by atoms with Crippen LogP contribution < -0.4 is 10.6 Å². The highest BCUT2D eigenvalue weighted by Gasteiger charge is 2.15. The van der Waals surface area contributed by atoms with Crippen LogP contribution in [-0.2, 0) is 9.59 Å². The Hall–Kier alpha value is -1.10. The summed E-state index contributed by atoms with van der Waals surface area (Å²) in [6.07, 6.45) is 1.46. The van der Waals surface area contributed by atoms with E-state index in [1.165, 1.54) is 0 Å². The van der Waals surface area contributed by atoms with Crippen LogP contribution in [0.15, 0.2) is 0 Å². The largest absolute Gasteiger partial charge is 0.480 e. The van der Waals surface area contributed by atoms with Crippen LogP contribution in [0.25, 0.3) is 0 Å². The van der Waals surface area contributed by atoms with Crippen LogP contribution in [0.1, 0.15) is 26.2 Å². The summed E-state index contributed by atoms with van der Waals surface area (Å²) < 4.78 is 0. The lowest BCUT2D eigenvalue weighted by atomic mass is 10.1. The topological polar surface area (TPSA) is 78.4 Å². The summed E-state index contributed by atoms with van der Waals surface area (Å²) in [7, 11) is 1.57. The van der Waals surface area contributed by atoms with Gasteiger partial charge in [0.25, 0.3) is 0 Å². The molecule has 0 radical (unpaired) electrons. The number of aliphatic carboxylic acids is 1. The molecule has 3 N–H and O–H groups in total. The summed E-state index contributed by atoms with van der Waals surface area (Å²) in [5.74, 6) is -1.01. The Kier molecular flexibility index (Phi) is 6.74. The van der Waals surface area contributed by atoms with E-state index in [4.69, 9.17) is 5.11 Å². The summed E-state index contributed by atoms with van der Waals surface area (Å²) in [5, 5.41) is 14.0. The second kappa shape index (κ2) is 7.32. The first-order valence-corrected chi connectivity index (χ1v) is 4.78. The van der Waals surface area contributed by atoms with Crippen molar-refractivity contribution in [2.45, 2.75) is 32.2 Å². The zero-order valence-electron chi connectivity index (χ0n) is 8.67. The molecule has 0 aliphatic rings. The van der Waals surface area contributed by atoms with Crippen molar-refractivity contribution in [3.8, 4) is 0 Å². The van der Waals surface area contributed by atoms with Crippen LogP contribution in [0.5, 0.6) is 0 Å². The third kappa shape index (κ3) is 5.53.